The maximum Gasteiger partial charge on any atom is 0.391 e. The second kappa shape index (κ2) is 5.84. The molecular formula is C15H27F3N2. The predicted molar refractivity (Wildman–Crippen MR) is 74.4 cm³/mol. The average Bonchev–Trinajstić information content (AvgIpc) is 2.37. The first kappa shape index (κ1) is 16.1. The fourth-order valence-electron chi connectivity index (χ4n) is 4.20. The zero-order chi connectivity index (χ0) is 15.0. The van der Waals surface area contributed by atoms with E-state index in [0.717, 1.165) is 19.4 Å². The van der Waals surface area contributed by atoms with Crippen molar-refractivity contribution >= 4 is 0 Å². The lowest BCUT2D eigenvalue weighted by atomic mass is 9.73. The van der Waals surface area contributed by atoms with Crippen LogP contribution in [-0.2, 0) is 0 Å². The zero-order valence-corrected chi connectivity index (χ0v) is 12.5. The Kier molecular flexibility index (Phi) is 4.69. The molecule has 2 fully saturated rings. The van der Waals surface area contributed by atoms with Crippen LogP contribution < -0.4 is 5.73 Å². The first-order valence-corrected chi connectivity index (χ1v) is 7.82. The number of hydrogen-bond acceptors (Lipinski definition) is 2. The number of nitrogens with two attached hydrogens (primary N) is 1. The third kappa shape index (κ3) is 3.14. The van der Waals surface area contributed by atoms with Crippen LogP contribution in [0.3, 0.4) is 0 Å². The highest BCUT2D eigenvalue weighted by molar-refractivity contribution is 5.00. The number of alkyl halides is 3. The Labute approximate surface area is 119 Å². The molecule has 0 radical (unpaired) electrons. The van der Waals surface area contributed by atoms with E-state index in [1.165, 1.54) is 0 Å². The van der Waals surface area contributed by atoms with Crippen molar-refractivity contribution in [2.24, 2.45) is 17.6 Å². The summed E-state index contributed by atoms with van der Waals surface area (Å²) >= 11 is 0. The molecule has 0 amide bonds. The van der Waals surface area contributed by atoms with Crippen LogP contribution in [-0.4, -0.2) is 35.7 Å². The van der Waals surface area contributed by atoms with Gasteiger partial charge in [-0.05, 0) is 57.9 Å². The molecule has 1 heterocycles. The monoisotopic (exact) mass is 292 g/mol. The number of piperidine rings is 1. The zero-order valence-electron chi connectivity index (χ0n) is 12.5. The van der Waals surface area contributed by atoms with E-state index < -0.39 is 12.1 Å². The van der Waals surface area contributed by atoms with Crippen LogP contribution in [0, 0.1) is 11.8 Å². The first-order chi connectivity index (χ1) is 9.28. The lowest BCUT2D eigenvalue weighted by molar-refractivity contribution is -0.189. The summed E-state index contributed by atoms with van der Waals surface area (Å²) in [5.74, 6) is -0.413. The molecule has 2 atom stereocenters. The van der Waals surface area contributed by atoms with E-state index in [2.05, 4.69) is 18.7 Å². The van der Waals surface area contributed by atoms with Crippen LogP contribution in [0.4, 0.5) is 13.2 Å². The van der Waals surface area contributed by atoms with Gasteiger partial charge >= 0.3 is 6.18 Å². The molecule has 0 bridgehead atoms. The van der Waals surface area contributed by atoms with Gasteiger partial charge in [0, 0.05) is 18.1 Å². The number of rotatable bonds is 2. The lowest BCUT2D eigenvalue weighted by Gasteiger charge is -2.52. The standard InChI is InChI=1S/C15H27F3N2/c1-11-5-8-20(12(2)9-11)14(10-19)6-3-13(4-7-14)15(16,17)18/h11-13H,3-10,19H2,1-2H3. The smallest absolute Gasteiger partial charge is 0.329 e. The fourth-order valence-corrected chi connectivity index (χ4v) is 4.20. The molecule has 1 aliphatic carbocycles. The third-order valence-electron chi connectivity index (χ3n) is 5.51. The largest absolute Gasteiger partial charge is 0.391 e. The van der Waals surface area contributed by atoms with Crippen LogP contribution in [0.15, 0.2) is 0 Å². The number of nitrogens with zero attached hydrogens (tertiary/aromatic N) is 1. The molecule has 0 aromatic heterocycles. The van der Waals surface area contributed by atoms with E-state index in [-0.39, 0.29) is 18.4 Å². The molecule has 0 spiro atoms. The van der Waals surface area contributed by atoms with Crippen molar-refractivity contribution in [1.82, 2.24) is 4.90 Å². The van der Waals surface area contributed by atoms with E-state index in [1.807, 2.05) is 0 Å². The SMILES string of the molecule is CC1CCN(C2(CN)CCC(C(F)(F)F)CC2)C(C)C1. The molecule has 5 heteroatoms. The summed E-state index contributed by atoms with van der Waals surface area (Å²) in [6.45, 7) is 5.92. The van der Waals surface area contributed by atoms with Gasteiger partial charge in [-0.15, -0.1) is 0 Å². The Bertz CT molecular complexity index is 322. The number of hydrogen-bond donors (Lipinski definition) is 1. The summed E-state index contributed by atoms with van der Waals surface area (Å²) in [4.78, 5) is 2.42. The highest BCUT2D eigenvalue weighted by Gasteiger charge is 2.48. The molecular weight excluding hydrogens is 265 g/mol. The van der Waals surface area contributed by atoms with Crippen molar-refractivity contribution < 1.29 is 13.2 Å². The third-order valence-corrected chi connectivity index (χ3v) is 5.51. The highest BCUT2D eigenvalue weighted by atomic mass is 19.4. The topological polar surface area (TPSA) is 29.3 Å². The Balaban J connectivity index is 2.05. The van der Waals surface area contributed by atoms with Crippen molar-refractivity contribution in [1.29, 1.82) is 0 Å². The van der Waals surface area contributed by atoms with E-state index in [9.17, 15) is 13.2 Å². The van der Waals surface area contributed by atoms with Crippen molar-refractivity contribution in [2.75, 3.05) is 13.1 Å². The molecule has 2 aliphatic rings. The van der Waals surface area contributed by atoms with Crippen molar-refractivity contribution in [3.63, 3.8) is 0 Å². The van der Waals surface area contributed by atoms with Crippen LogP contribution in [0.25, 0.3) is 0 Å². The van der Waals surface area contributed by atoms with E-state index in [1.54, 1.807) is 0 Å². The van der Waals surface area contributed by atoms with Gasteiger partial charge < -0.3 is 5.73 Å². The van der Waals surface area contributed by atoms with Gasteiger partial charge in [-0.25, -0.2) is 0 Å². The quantitative estimate of drug-likeness (QED) is 0.843. The number of halogens is 3. The van der Waals surface area contributed by atoms with E-state index in [0.29, 0.717) is 31.3 Å². The van der Waals surface area contributed by atoms with Crippen LogP contribution in [0.5, 0.6) is 0 Å². The van der Waals surface area contributed by atoms with E-state index in [4.69, 9.17) is 5.73 Å². The average molecular weight is 292 g/mol. The Hall–Kier alpha value is -0.290. The normalized spacial score (nSPS) is 40.8. The molecule has 0 aromatic carbocycles. The minimum Gasteiger partial charge on any atom is -0.329 e. The molecule has 0 aromatic rings. The van der Waals surface area contributed by atoms with Gasteiger partial charge in [-0.1, -0.05) is 6.92 Å². The van der Waals surface area contributed by atoms with Gasteiger partial charge in [-0.3, -0.25) is 4.90 Å². The summed E-state index contributed by atoms with van der Waals surface area (Å²) in [6, 6.07) is 0.435. The maximum atomic E-state index is 12.8. The van der Waals surface area contributed by atoms with Crippen LogP contribution >= 0.6 is 0 Å². The highest BCUT2D eigenvalue weighted by Crippen LogP contribution is 2.44. The Morgan fingerprint density at radius 1 is 1.15 bits per heavy atom. The first-order valence-electron chi connectivity index (χ1n) is 7.82. The van der Waals surface area contributed by atoms with Gasteiger partial charge in [0.2, 0.25) is 0 Å². The lowest BCUT2D eigenvalue weighted by Crippen LogP contribution is -2.61. The van der Waals surface area contributed by atoms with Crippen LogP contribution in [0.2, 0.25) is 0 Å². The van der Waals surface area contributed by atoms with Crippen LogP contribution in [0.1, 0.15) is 52.4 Å². The molecule has 2 N–H and O–H groups in total. The fraction of sp³-hybridized carbons (Fsp3) is 1.00. The molecule has 1 aliphatic heterocycles. The van der Waals surface area contributed by atoms with Crippen molar-refractivity contribution in [2.45, 2.75) is 70.1 Å². The molecule has 2 nitrogen and oxygen atoms in total. The molecule has 1 saturated heterocycles. The summed E-state index contributed by atoms with van der Waals surface area (Å²) in [7, 11) is 0. The van der Waals surface area contributed by atoms with Gasteiger partial charge in [0.05, 0.1) is 5.92 Å². The summed E-state index contributed by atoms with van der Waals surface area (Å²) in [6.07, 6.45) is -0.125. The minimum absolute atomic E-state index is 0.193. The Morgan fingerprint density at radius 3 is 2.20 bits per heavy atom. The van der Waals surface area contributed by atoms with Crippen molar-refractivity contribution in [3.8, 4) is 0 Å². The minimum atomic E-state index is -4.04. The van der Waals surface area contributed by atoms with Crippen molar-refractivity contribution in [3.05, 3.63) is 0 Å². The molecule has 1 saturated carbocycles. The summed E-state index contributed by atoms with van der Waals surface area (Å²) < 4.78 is 38.5. The second-order valence-electron chi connectivity index (χ2n) is 6.92. The predicted octanol–water partition coefficient (Wildman–Crippen LogP) is 3.56. The van der Waals surface area contributed by atoms with Gasteiger partial charge in [0.25, 0.3) is 0 Å². The summed E-state index contributed by atoms with van der Waals surface area (Å²) in [5, 5.41) is 0. The molecule has 118 valence electrons. The van der Waals surface area contributed by atoms with Gasteiger partial charge in [0.1, 0.15) is 0 Å². The Morgan fingerprint density at radius 2 is 1.75 bits per heavy atom. The molecule has 2 rings (SSSR count). The van der Waals surface area contributed by atoms with Gasteiger partial charge in [-0.2, -0.15) is 13.2 Å². The summed E-state index contributed by atoms with van der Waals surface area (Å²) in [5.41, 5.74) is 5.80. The molecule has 20 heavy (non-hydrogen) atoms. The van der Waals surface area contributed by atoms with Gasteiger partial charge in [0.15, 0.2) is 0 Å². The maximum absolute atomic E-state index is 12.8. The second-order valence-corrected chi connectivity index (χ2v) is 6.92. The number of likely N-dealkylation sites (tertiary alicyclic amines) is 1. The van der Waals surface area contributed by atoms with E-state index >= 15 is 0 Å². The molecule has 2 unspecified atom stereocenters.